The molecule has 0 radical (unpaired) electrons. The number of hydrogen-bond acceptors (Lipinski definition) is 3. The third-order valence-corrected chi connectivity index (χ3v) is 3.45. The maximum Gasteiger partial charge on any atom is 0.106 e. The smallest absolute Gasteiger partial charge is 0.106 e. The summed E-state index contributed by atoms with van der Waals surface area (Å²) in [5, 5.41) is 0. The van der Waals surface area contributed by atoms with Gasteiger partial charge in [-0.15, -0.1) is 0 Å². The second kappa shape index (κ2) is 7.07. The van der Waals surface area contributed by atoms with E-state index in [0.717, 1.165) is 35.2 Å². The summed E-state index contributed by atoms with van der Waals surface area (Å²) in [6, 6.07) is 6.04. The lowest BCUT2D eigenvalue weighted by Crippen LogP contribution is -2.25. The van der Waals surface area contributed by atoms with E-state index in [0.29, 0.717) is 4.99 Å². The Balaban J connectivity index is 2.78. The van der Waals surface area contributed by atoms with Gasteiger partial charge in [0.05, 0.1) is 0 Å². The molecule has 0 aliphatic heterocycles. The maximum absolute atomic E-state index is 5.77. The van der Waals surface area contributed by atoms with Crippen LogP contribution in [0.2, 0.25) is 0 Å². The lowest BCUT2D eigenvalue weighted by atomic mass is 10.1. The van der Waals surface area contributed by atoms with E-state index >= 15 is 0 Å². The van der Waals surface area contributed by atoms with Crippen molar-refractivity contribution in [2.75, 3.05) is 39.1 Å². The van der Waals surface area contributed by atoms with Gasteiger partial charge in [0.25, 0.3) is 0 Å². The Labute approximate surface area is 123 Å². The zero-order valence-corrected chi connectivity index (χ0v) is 13.5. The Morgan fingerprint density at radius 2 is 1.94 bits per heavy atom. The van der Waals surface area contributed by atoms with E-state index in [-0.39, 0.29) is 0 Å². The van der Waals surface area contributed by atoms with Crippen LogP contribution in [0.3, 0.4) is 0 Å². The first-order chi connectivity index (χ1) is 8.41. The number of halogens is 1. The van der Waals surface area contributed by atoms with Crippen molar-refractivity contribution in [3.8, 4) is 0 Å². The molecule has 1 aromatic rings. The highest BCUT2D eigenvalue weighted by Crippen LogP contribution is 2.24. The lowest BCUT2D eigenvalue weighted by molar-refractivity contribution is 0.401. The molecule has 0 atom stereocenters. The van der Waals surface area contributed by atoms with Crippen molar-refractivity contribution in [2.45, 2.75) is 6.42 Å². The van der Waals surface area contributed by atoms with E-state index in [1.54, 1.807) is 0 Å². The van der Waals surface area contributed by atoms with Gasteiger partial charge >= 0.3 is 0 Å². The van der Waals surface area contributed by atoms with Gasteiger partial charge in [0.2, 0.25) is 0 Å². The molecular weight excluding hydrogens is 310 g/mol. The molecule has 0 aliphatic carbocycles. The quantitative estimate of drug-likeness (QED) is 0.813. The van der Waals surface area contributed by atoms with E-state index in [9.17, 15) is 0 Å². The molecule has 0 aliphatic rings. The molecule has 0 heterocycles. The summed E-state index contributed by atoms with van der Waals surface area (Å²) in [5.74, 6) is 0. The molecule has 2 N–H and O–H groups in total. The summed E-state index contributed by atoms with van der Waals surface area (Å²) in [5.41, 5.74) is 7.78. The van der Waals surface area contributed by atoms with Crippen LogP contribution >= 0.6 is 28.1 Å². The van der Waals surface area contributed by atoms with E-state index in [2.05, 4.69) is 46.9 Å². The molecule has 0 saturated heterocycles. The first kappa shape index (κ1) is 15.4. The van der Waals surface area contributed by atoms with Crippen molar-refractivity contribution in [1.82, 2.24) is 4.90 Å². The van der Waals surface area contributed by atoms with Crippen LogP contribution in [-0.4, -0.2) is 44.1 Å². The molecule has 1 aromatic carbocycles. The van der Waals surface area contributed by atoms with Gasteiger partial charge in [0.1, 0.15) is 4.99 Å². The van der Waals surface area contributed by atoms with Crippen molar-refractivity contribution < 1.29 is 0 Å². The zero-order valence-electron chi connectivity index (χ0n) is 11.1. The summed E-state index contributed by atoms with van der Waals surface area (Å²) in [4.78, 5) is 4.82. The average Bonchev–Trinajstić information content (AvgIpc) is 2.28. The van der Waals surface area contributed by atoms with Gasteiger partial charge in [-0.3, -0.25) is 0 Å². The third kappa shape index (κ3) is 4.55. The van der Waals surface area contributed by atoms with Gasteiger partial charge in [0, 0.05) is 29.3 Å². The Hall–Kier alpha value is -0.650. The fourth-order valence-electron chi connectivity index (χ4n) is 1.78. The SMILES string of the molecule is CN(C)CCCN(C)c1ccc(Br)cc1C(N)=S. The van der Waals surface area contributed by atoms with E-state index < -0.39 is 0 Å². The first-order valence-corrected chi connectivity index (χ1v) is 7.07. The number of nitrogens with zero attached hydrogens (tertiary/aromatic N) is 2. The van der Waals surface area contributed by atoms with Crippen LogP contribution in [0.15, 0.2) is 22.7 Å². The molecule has 0 aromatic heterocycles. The van der Waals surface area contributed by atoms with E-state index in [1.807, 2.05) is 18.2 Å². The average molecular weight is 330 g/mol. The molecule has 1 rings (SSSR count). The minimum Gasteiger partial charge on any atom is -0.389 e. The van der Waals surface area contributed by atoms with E-state index in [4.69, 9.17) is 18.0 Å². The molecule has 100 valence electrons. The normalized spacial score (nSPS) is 10.7. The van der Waals surface area contributed by atoms with Crippen molar-refractivity contribution in [2.24, 2.45) is 5.73 Å². The number of rotatable bonds is 6. The molecular formula is C13H20BrN3S. The standard InChI is InChI=1S/C13H20BrN3S/c1-16(2)7-4-8-17(3)12-6-5-10(14)9-11(12)13(15)18/h5-6,9H,4,7-8H2,1-3H3,(H2,15,18). The van der Waals surface area contributed by atoms with Gasteiger partial charge in [-0.05, 0) is 45.3 Å². The number of nitrogens with two attached hydrogens (primary N) is 1. The van der Waals surface area contributed by atoms with Crippen molar-refractivity contribution >= 4 is 38.8 Å². The van der Waals surface area contributed by atoms with Gasteiger partial charge in [0.15, 0.2) is 0 Å². The van der Waals surface area contributed by atoms with Gasteiger partial charge in [-0.25, -0.2) is 0 Å². The molecule has 0 unspecified atom stereocenters. The number of hydrogen-bond donors (Lipinski definition) is 1. The van der Waals surface area contributed by atoms with Crippen molar-refractivity contribution in [3.63, 3.8) is 0 Å². The monoisotopic (exact) mass is 329 g/mol. The second-order valence-electron chi connectivity index (χ2n) is 4.60. The maximum atomic E-state index is 5.77. The summed E-state index contributed by atoms with van der Waals surface area (Å²) in [7, 11) is 6.24. The Kier molecular flexibility index (Phi) is 6.05. The van der Waals surface area contributed by atoms with Crippen LogP contribution in [0, 0.1) is 0 Å². The number of benzene rings is 1. The highest BCUT2D eigenvalue weighted by Gasteiger charge is 2.10. The fourth-order valence-corrected chi connectivity index (χ4v) is 2.31. The van der Waals surface area contributed by atoms with Crippen molar-refractivity contribution in [1.29, 1.82) is 0 Å². The number of anilines is 1. The van der Waals surface area contributed by atoms with Crippen LogP contribution in [0.25, 0.3) is 0 Å². The lowest BCUT2D eigenvalue weighted by Gasteiger charge is -2.23. The largest absolute Gasteiger partial charge is 0.389 e. The molecule has 3 nitrogen and oxygen atoms in total. The second-order valence-corrected chi connectivity index (χ2v) is 5.96. The highest BCUT2D eigenvalue weighted by molar-refractivity contribution is 9.10. The Bertz CT molecular complexity index is 421. The highest BCUT2D eigenvalue weighted by atomic mass is 79.9. The van der Waals surface area contributed by atoms with Crippen molar-refractivity contribution in [3.05, 3.63) is 28.2 Å². The Morgan fingerprint density at radius 1 is 1.28 bits per heavy atom. The summed E-state index contributed by atoms with van der Waals surface area (Å²) in [6.07, 6.45) is 1.11. The fraction of sp³-hybridized carbons (Fsp3) is 0.462. The minimum atomic E-state index is 0.436. The summed E-state index contributed by atoms with van der Waals surface area (Å²) >= 11 is 8.55. The number of thiocarbonyl (C=S) groups is 1. The molecule has 5 heteroatoms. The van der Waals surface area contributed by atoms with Gasteiger partial charge < -0.3 is 15.5 Å². The summed E-state index contributed by atoms with van der Waals surface area (Å²) < 4.78 is 0.996. The van der Waals surface area contributed by atoms with Crippen LogP contribution in [0.5, 0.6) is 0 Å². The summed E-state index contributed by atoms with van der Waals surface area (Å²) in [6.45, 7) is 2.05. The molecule has 0 fully saturated rings. The van der Waals surface area contributed by atoms with Crippen LogP contribution in [0.1, 0.15) is 12.0 Å². The molecule has 0 amide bonds. The zero-order chi connectivity index (χ0) is 13.7. The topological polar surface area (TPSA) is 32.5 Å². The Morgan fingerprint density at radius 3 is 2.50 bits per heavy atom. The first-order valence-electron chi connectivity index (χ1n) is 5.87. The molecule has 0 saturated carbocycles. The minimum absolute atomic E-state index is 0.436. The molecule has 18 heavy (non-hydrogen) atoms. The van der Waals surface area contributed by atoms with Crippen LogP contribution in [-0.2, 0) is 0 Å². The van der Waals surface area contributed by atoms with Gasteiger partial charge in [-0.2, -0.15) is 0 Å². The predicted molar refractivity (Wildman–Crippen MR) is 86.5 cm³/mol. The van der Waals surface area contributed by atoms with E-state index in [1.165, 1.54) is 0 Å². The third-order valence-electron chi connectivity index (χ3n) is 2.73. The molecule has 0 bridgehead atoms. The van der Waals surface area contributed by atoms with Crippen LogP contribution < -0.4 is 10.6 Å². The molecule has 0 spiro atoms. The van der Waals surface area contributed by atoms with Crippen LogP contribution in [0.4, 0.5) is 5.69 Å². The van der Waals surface area contributed by atoms with Gasteiger partial charge in [-0.1, -0.05) is 28.1 Å². The predicted octanol–water partition coefficient (Wildman–Crippen LogP) is 2.47.